The van der Waals surface area contributed by atoms with Crippen molar-refractivity contribution in [1.29, 1.82) is 0 Å². The maximum atomic E-state index is 5.31. The van der Waals surface area contributed by atoms with Gasteiger partial charge in [0.05, 0.1) is 16.6 Å². The van der Waals surface area contributed by atoms with E-state index in [4.69, 9.17) is 9.97 Å². The van der Waals surface area contributed by atoms with Crippen molar-refractivity contribution in [1.82, 2.24) is 14.4 Å². The Morgan fingerprint density at radius 1 is 0.815 bits per heavy atom. The summed E-state index contributed by atoms with van der Waals surface area (Å²) in [6, 6.07) is 17.0. The summed E-state index contributed by atoms with van der Waals surface area (Å²) in [5, 5.41) is 1.14. The number of imidazole rings is 1. The first-order valence-electron chi connectivity index (χ1n) is 10.2. The van der Waals surface area contributed by atoms with E-state index < -0.39 is 0 Å². The van der Waals surface area contributed by atoms with Gasteiger partial charge in [-0.3, -0.25) is 4.40 Å². The first-order valence-corrected chi connectivity index (χ1v) is 10.2. The van der Waals surface area contributed by atoms with Crippen molar-refractivity contribution in [3.05, 3.63) is 54.4 Å². The molecule has 0 atom stereocenters. The minimum absolute atomic E-state index is 0.0665. The van der Waals surface area contributed by atoms with Crippen molar-refractivity contribution in [3.8, 4) is 0 Å². The Morgan fingerprint density at radius 3 is 2.22 bits per heavy atom. The standard InChI is InChI=1S/C24H27N3/c1-23(2,3)24(15-9-4-10-16-24)22-26-18-12-6-5-11-17(18)21-25-19-13-7-8-14-20(19)27(21)22/h5-8,11-14H,4,9-10,15-16H2,1-3H3. The van der Waals surface area contributed by atoms with Gasteiger partial charge in [-0.25, -0.2) is 9.97 Å². The molecule has 2 aromatic heterocycles. The number of aromatic nitrogens is 3. The molecule has 0 radical (unpaired) electrons. The molecule has 0 saturated heterocycles. The number of hydrogen-bond acceptors (Lipinski definition) is 2. The van der Waals surface area contributed by atoms with E-state index in [1.165, 1.54) is 43.4 Å². The van der Waals surface area contributed by atoms with Crippen molar-refractivity contribution in [2.75, 3.05) is 0 Å². The third-order valence-electron chi connectivity index (χ3n) is 6.71. The number of fused-ring (bicyclic) bond motifs is 5. The normalized spacial score (nSPS) is 17.7. The van der Waals surface area contributed by atoms with Crippen molar-refractivity contribution < 1.29 is 0 Å². The molecule has 1 aliphatic rings. The van der Waals surface area contributed by atoms with Gasteiger partial charge in [0.25, 0.3) is 0 Å². The van der Waals surface area contributed by atoms with Crippen LogP contribution in [0.15, 0.2) is 48.5 Å². The highest BCUT2D eigenvalue weighted by molar-refractivity contribution is 5.96. The van der Waals surface area contributed by atoms with E-state index in [0.29, 0.717) is 0 Å². The van der Waals surface area contributed by atoms with Crippen LogP contribution >= 0.6 is 0 Å². The zero-order valence-electron chi connectivity index (χ0n) is 16.5. The molecule has 5 rings (SSSR count). The van der Waals surface area contributed by atoms with Crippen molar-refractivity contribution in [2.45, 2.75) is 58.3 Å². The van der Waals surface area contributed by atoms with E-state index in [9.17, 15) is 0 Å². The first kappa shape index (κ1) is 16.7. The number of benzene rings is 2. The van der Waals surface area contributed by atoms with Crippen LogP contribution in [0.25, 0.3) is 27.6 Å². The molecule has 3 nitrogen and oxygen atoms in total. The maximum Gasteiger partial charge on any atom is 0.148 e. The van der Waals surface area contributed by atoms with Crippen LogP contribution in [0.3, 0.4) is 0 Å². The largest absolute Gasteiger partial charge is 0.279 e. The fourth-order valence-corrected chi connectivity index (χ4v) is 5.13. The van der Waals surface area contributed by atoms with Crippen LogP contribution in [0, 0.1) is 5.41 Å². The van der Waals surface area contributed by atoms with E-state index in [1.54, 1.807) is 0 Å². The van der Waals surface area contributed by atoms with E-state index >= 15 is 0 Å². The van der Waals surface area contributed by atoms with Crippen LogP contribution in [-0.4, -0.2) is 14.4 Å². The monoisotopic (exact) mass is 357 g/mol. The third-order valence-corrected chi connectivity index (χ3v) is 6.71. The molecule has 138 valence electrons. The molecular formula is C24H27N3. The number of hydrogen-bond donors (Lipinski definition) is 0. The summed E-state index contributed by atoms with van der Waals surface area (Å²) in [4.78, 5) is 10.3. The molecule has 0 bridgehead atoms. The summed E-state index contributed by atoms with van der Waals surface area (Å²) in [5.41, 5.74) is 4.54. The van der Waals surface area contributed by atoms with Gasteiger partial charge in [0.2, 0.25) is 0 Å². The predicted octanol–water partition coefficient (Wildman–Crippen LogP) is 6.28. The Kier molecular flexibility index (Phi) is 3.59. The molecule has 0 aliphatic heterocycles. The van der Waals surface area contributed by atoms with Gasteiger partial charge in [-0.1, -0.05) is 64.3 Å². The van der Waals surface area contributed by atoms with Gasteiger partial charge in [0.1, 0.15) is 11.5 Å². The Hall–Kier alpha value is -2.42. The molecule has 0 unspecified atom stereocenters. The number of rotatable bonds is 1. The zero-order valence-corrected chi connectivity index (χ0v) is 16.5. The van der Waals surface area contributed by atoms with Crippen molar-refractivity contribution >= 4 is 27.6 Å². The molecule has 1 aliphatic carbocycles. The molecule has 4 aromatic rings. The highest BCUT2D eigenvalue weighted by atomic mass is 15.1. The van der Waals surface area contributed by atoms with E-state index in [2.05, 4.69) is 73.7 Å². The van der Waals surface area contributed by atoms with Crippen molar-refractivity contribution in [2.24, 2.45) is 5.41 Å². The van der Waals surface area contributed by atoms with Gasteiger partial charge in [-0.05, 0) is 42.5 Å². The molecular weight excluding hydrogens is 330 g/mol. The molecule has 0 N–H and O–H groups in total. The molecule has 0 amide bonds. The summed E-state index contributed by atoms with van der Waals surface area (Å²) in [5.74, 6) is 1.21. The SMILES string of the molecule is CC(C)(C)C1(c2nc3ccccc3c3nc4ccccc4n23)CCCCC1. The summed E-state index contributed by atoms with van der Waals surface area (Å²) in [6.07, 6.45) is 6.28. The predicted molar refractivity (Wildman–Crippen MR) is 112 cm³/mol. The maximum absolute atomic E-state index is 5.31. The molecule has 1 saturated carbocycles. The van der Waals surface area contributed by atoms with Crippen LogP contribution in [0.4, 0.5) is 0 Å². The summed E-state index contributed by atoms with van der Waals surface area (Å²) in [6.45, 7) is 7.17. The number of para-hydroxylation sites is 3. The zero-order chi connectivity index (χ0) is 18.6. The van der Waals surface area contributed by atoms with Gasteiger partial charge in [0.15, 0.2) is 0 Å². The van der Waals surface area contributed by atoms with E-state index in [0.717, 1.165) is 22.1 Å². The van der Waals surface area contributed by atoms with Crippen LogP contribution < -0.4 is 0 Å². The topological polar surface area (TPSA) is 30.2 Å². The average molecular weight is 358 g/mol. The van der Waals surface area contributed by atoms with Crippen LogP contribution in [-0.2, 0) is 5.41 Å². The minimum Gasteiger partial charge on any atom is -0.279 e. The van der Waals surface area contributed by atoms with Crippen LogP contribution in [0.1, 0.15) is 58.7 Å². The van der Waals surface area contributed by atoms with Crippen molar-refractivity contribution in [3.63, 3.8) is 0 Å². The lowest BCUT2D eigenvalue weighted by Crippen LogP contribution is -2.44. The van der Waals surface area contributed by atoms with E-state index in [1.807, 2.05) is 0 Å². The first-order chi connectivity index (χ1) is 13.0. The lowest BCUT2D eigenvalue weighted by molar-refractivity contribution is 0.115. The summed E-state index contributed by atoms with van der Waals surface area (Å²) >= 11 is 0. The fraction of sp³-hybridized carbons (Fsp3) is 0.417. The summed E-state index contributed by atoms with van der Waals surface area (Å²) < 4.78 is 2.37. The smallest absolute Gasteiger partial charge is 0.148 e. The fourth-order valence-electron chi connectivity index (χ4n) is 5.13. The minimum atomic E-state index is 0.0665. The molecule has 2 heterocycles. The highest BCUT2D eigenvalue weighted by Gasteiger charge is 2.47. The highest BCUT2D eigenvalue weighted by Crippen LogP contribution is 2.51. The second kappa shape index (κ2) is 5.79. The van der Waals surface area contributed by atoms with Gasteiger partial charge < -0.3 is 0 Å². The molecule has 27 heavy (non-hydrogen) atoms. The Balaban J connectivity index is 1.98. The van der Waals surface area contributed by atoms with Gasteiger partial charge in [-0.15, -0.1) is 0 Å². The number of nitrogens with zero attached hydrogens (tertiary/aromatic N) is 3. The lowest BCUT2D eigenvalue weighted by Gasteiger charge is -2.47. The Bertz CT molecular complexity index is 1140. The molecule has 1 fully saturated rings. The van der Waals surface area contributed by atoms with Gasteiger partial charge in [-0.2, -0.15) is 0 Å². The third kappa shape index (κ3) is 2.33. The molecule has 2 aromatic carbocycles. The van der Waals surface area contributed by atoms with E-state index in [-0.39, 0.29) is 10.8 Å². The Morgan fingerprint density at radius 2 is 1.48 bits per heavy atom. The quantitative estimate of drug-likeness (QED) is 0.401. The molecule has 0 spiro atoms. The molecule has 3 heteroatoms. The summed E-state index contributed by atoms with van der Waals surface area (Å²) in [7, 11) is 0. The lowest BCUT2D eigenvalue weighted by atomic mass is 9.58. The van der Waals surface area contributed by atoms with Gasteiger partial charge in [0, 0.05) is 10.8 Å². The van der Waals surface area contributed by atoms with Crippen LogP contribution in [0.2, 0.25) is 0 Å². The van der Waals surface area contributed by atoms with Crippen LogP contribution in [0.5, 0.6) is 0 Å². The van der Waals surface area contributed by atoms with Gasteiger partial charge >= 0.3 is 0 Å². The Labute approximate surface area is 160 Å². The average Bonchev–Trinajstić information content (AvgIpc) is 3.07. The second-order valence-corrected chi connectivity index (χ2v) is 9.10. The second-order valence-electron chi connectivity index (χ2n) is 9.10.